The highest BCUT2D eigenvalue weighted by Gasteiger charge is 2.37. The van der Waals surface area contributed by atoms with Gasteiger partial charge in [0.25, 0.3) is 0 Å². The molecule has 0 aliphatic carbocycles. The predicted molar refractivity (Wildman–Crippen MR) is 74.7 cm³/mol. The summed E-state index contributed by atoms with van der Waals surface area (Å²) in [5.41, 5.74) is -0.429. The fourth-order valence-corrected chi connectivity index (χ4v) is 2.60. The molecule has 1 saturated heterocycles. The van der Waals surface area contributed by atoms with Gasteiger partial charge in [-0.2, -0.15) is 0 Å². The van der Waals surface area contributed by atoms with E-state index in [-0.39, 0.29) is 6.42 Å². The average Bonchev–Trinajstić information content (AvgIpc) is 3.00. The highest BCUT2D eigenvalue weighted by Crippen LogP contribution is 2.34. The SMILES string of the molecule is O=C1C[C@@H](c2ccccc2)[C@H](OCc2c(F)c(F)c(F)c(F)c2F)O1. The molecule has 0 bridgehead atoms. The zero-order chi connectivity index (χ0) is 18.1. The molecule has 0 aromatic heterocycles. The summed E-state index contributed by atoms with van der Waals surface area (Å²) in [5.74, 6) is -11.4. The van der Waals surface area contributed by atoms with Crippen molar-refractivity contribution in [3.63, 3.8) is 0 Å². The number of benzene rings is 2. The van der Waals surface area contributed by atoms with Crippen LogP contribution in [0.1, 0.15) is 23.5 Å². The maximum Gasteiger partial charge on any atom is 0.308 e. The molecule has 3 rings (SSSR count). The molecule has 2 aromatic carbocycles. The second kappa shape index (κ2) is 6.79. The average molecular weight is 358 g/mol. The molecule has 25 heavy (non-hydrogen) atoms. The first kappa shape index (κ1) is 17.3. The van der Waals surface area contributed by atoms with Gasteiger partial charge in [-0.05, 0) is 5.56 Å². The molecule has 2 aromatic rings. The molecule has 2 atom stereocenters. The number of halogens is 5. The Kier molecular flexibility index (Phi) is 4.71. The fourth-order valence-electron chi connectivity index (χ4n) is 2.60. The summed E-state index contributed by atoms with van der Waals surface area (Å²) in [6, 6.07) is 8.62. The Balaban J connectivity index is 1.83. The lowest BCUT2D eigenvalue weighted by Crippen LogP contribution is -2.20. The summed E-state index contributed by atoms with van der Waals surface area (Å²) < 4.78 is 76.9. The van der Waals surface area contributed by atoms with Gasteiger partial charge in [0.1, 0.15) is 0 Å². The van der Waals surface area contributed by atoms with Crippen LogP contribution in [-0.4, -0.2) is 12.3 Å². The number of ether oxygens (including phenoxy) is 2. The summed E-state index contributed by atoms with van der Waals surface area (Å²) in [5, 5.41) is 0. The van der Waals surface area contributed by atoms with Crippen LogP contribution in [0.4, 0.5) is 22.0 Å². The summed E-state index contributed by atoms with van der Waals surface area (Å²) in [4.78, 5) is 11.5. The Morgan fingerprint density at radius 1 is 0.920 bits per heavy atom. The number of esters is 1. The Morgan fingerprint density at radius 2 is 1.48 bits per heavy atom. The molecule has 0 N–H and O–H groups in total. The highest BCUT2D eigenvalue weighted by molar-refractivity contribution is 5.73. The third-order valence-electron chi connectivity index (χ3n) is 3.88. The zero-order valence-electron chi connectivity index (χ0n) is 12.6. The largest absolute Gasteiger partial charge is 0.435 e. The number of hydrogen-bond donors (Lipinski definition) is 0. The number of carbonyl (C=O) groups is 1. The molecule has 1 fully saturated rings. The highest BCUT2D eigenvalue weighted by atomic mass is 19.2. The zero-order valence-corrected chi connectivity index (χ0v) is 12.6. The monoisotopic (exact) mass is 358 g/mol. The van der Waals surface area contributed by atoms with Crippen LogP contribution in [0.15, 0.2) is 30.3 Å². The number of carbonyl (C=O) groups excluding carboxylic acids is 1. The van der Waals surface area contributed by atoms with E-state index >= 15 is 0 Å². The number of rotatable bonds is 4. The molecular formula is C17H11F5O3. The van der Waals surface area contributed by atoms with Crippen LogP contribution < -0.4 is 0 Å². The molecule has 0 saturated carbocycles. The van der Waals surface area contributed by atoms with Gasteiger partial charge in [0.15, 0.2) is 23.3 Å². The normalized spacial score (nSPS) is 20.0. The Hall–Kier alpha value is -2.48. The molecule has 0 spiro atoms. The van der Waals surface area contributed by atoms with Gasteiger partial charge in [-0.25, -0.2) is 22.0 Å². The molecular weight excluding hydrogens is 347 g/mol. The van der Waals surface area contributed by atoms with Gasteiger partial charge in [-0.1, -0.05) is 30.3 Å². The van der Waals surface area contributed by atoms with E-state index in [1.165, 1.54) is 0 Å². The second-order valence-electron chi connectivity index (χ2n) is 5.44. The second-order valence-corrected chi connectivity index (χ2v) is 5.44. The summed E-state index contributed by atoms with van der Waals surface area (Å²) in [6.45, 7) is -0.937. The maximum absolute atomic E-state index is 13.7. The first-order chi connectivity index (χ1) is 11.9. The molecule has 132 valence electrons. The van der Waals surface area contributed by atoms with Crippen LogP contribution in [0, 0.1) is 29.1 Å². The van der Waals surface area contributed by atoms with Gasteiger partial charge in [0.2, 0.25) is 12.1 Å². The van der Waals surface area contributed by atoms with Crippen molar-refractivity contribution in [1.82, 2.24) is 0 Å². The molecule has 0 unspecified atom stereocenters. The van der Waals surface area contributed by atoms with Crippen molar-refractivity contribution < 1.29 is 36.2 Å². The van der Waals surface area contributed by atoms with Crippen molar-refractivity contribution in [2.24, 2.45) is 0 Å². The smallest absolute Gasteiger partial charge is 0.308 e. The third-order valence-corrected chi connectivity index (χ3v) is 3.88. The summed E-state index contributed by atoms with van der Waals surface area (Å²) >= 11 is 0. The van der Waals surface area contributed by atoms with Crippen LogP contribution >= 0.6 is 0 Å². The minimum absolute atomic E-state index is 0.0220. The Morgan fingerprint density at radius 3 is 2.08 bits per heavy atom. The summed E-state index contributed by atoms with van der Waals surface area (Å²) in [6.07, 6.45) is -1.21. The van der Waals surface area contributed by atoms with E-state index in [0.717, 1.165) is 0 Å². The lowest BCUT2D eigenvalue weighted by Gasteiger charge is -2.19. The van der Waals surface area contributed by atoms with E-state index in [9.17, 15) is 26.7 Å². The lowest BCUT2D eigenvalue weighted by molar-refractivity contribution is -0.166. The number of hydrogen-bond acceptors (Lipinski definition) is 3. The minimum atomic E-state index is -2.24. The first-order valence-corrected chi connectivity index (χ1v) is 7.26. The minimum Gasteiger partial charge on any atom is -0.435 e. The molecule has 8 heteroatoms. The van der Waals surface area contributed by atoms with Crippen molar-refractivity contribution in [3.05, 3.63) is 70.5 Å². The molecule has 0 radical (unpaired) electrons. The van der Waals surface area contributed by atoms with Gasteiger partial charge < -0.3 is 9.47 Å². The Labute approximate surface area is 139 Å². The topological polar surface area (TPSA) is 35.5 Å². The van der Waals surface area contributed by atoms with Gasteiger partial charge in [-0.3, -0.25) is 4.79 Å². The molecule has 1 heterocycles. The van der Waals surface area contributed by atoms with E-state index in [1.54, 1.807) is 30.3 Å². The van der Waals surface area contributed by atoms with E-state index in [0.29, 0.717) is 5.56 Å². The lowest BCUT2D eigenvalue weighted by atomic mass is 9.97. The standard InChI is InChI=1S/C17H11F5O3/c18-12-10(13(19)15(21)16(22)14(12)20)7-24-17-9(6-11(23)25-17)8-4-2-1-3-5-8/h1-5,9,17H,6-7H2/t9-,17+/m0/s1. The fraction of sp³-hybridized carbons (Fsp3) is 0.235. The van der Waals surface area contributed by atoms with Crippen LogP contribution in [0.25, 0.3) is 0 Å². The quantitative estimate of drug-likeness (QED) is 0.359. The van der Waals surface area contributed by atoms with Crippen LogP contribution in [0.5, 0.6) is 0 Å². The van der Waals surface area contributed by atoms with Crippen molar-refractivity contribution in [1.29, 1.82) is 0 Å². The van der Waals surface area contributed by atoms with Gasteiger partial charge in [0.05, 0.1) is 24.5 Å². The van der Waals surface area contributed by atoms with Gasteiger partial charge in [-0.15, -0.1) is 0 Å². The summed E-state index contributed by atoms with van der Waals surface area (Å²) in [7, 11) is 0. The molecule has 0 amide bonds. The van der Waals surface area contributed by atoms with Crippen molar-refractivity contribution in [3.8, 4) is 0 Å². The third kappa shape index (κ3) is 3.21. The van der Waals surface area contributed by atoms with Crippen molar-refractivity contribution in [2.75, 3.05) is 0 Å². The Bertz CT molecular complexity index is 781. The van der Waals surface area contributed by atoms with E-state index in [4.69, 9.17) is 9.47 Å². The number of cyclic esters (lactones) is 1. The van der Waals surface area contributed by atoms with Crippen molar-refractivity contribution >= 4 is 5.97 Å². The molecule has 1 aliphatic rings. The molecule has 1 aliphatic heterocycles. The van der Waals surface area contributed by atoms with Crippen LogP contribution in [-0.2, 0) is 20.9 Å². The molecule has 3 nitrogen and oxygen atoms in total. The van der Waals surface area contributed by atoms with Gasteiger partial charge >= 0.3 is 5.97 Å². The van der Waals surface area contributed by atoms with E-state index in [2.05, 4.69) is 0 Å². The van der Waals surface area contributed by atoms with Gasteiger partial charge in [0, 0.05) is 0 Å². The van der Waals surface area contributed by atoms with E-state index in [1.807, 2.05) is 0 Å². The predicted octanol–water partition coefficient (Wildman–Crippen LogP) is 3.96. The van der Waals surface area contributed by atoms with Crippen molar-refractivity contribution in [2.45, 2.75) is 25.2 Å². The first-order valence-electron chi connectivity index (χ1n) is 7.26. The van der Waals surface area contributed by atoms with Crippen LogP contribution in [0.2, 0.25) is 0 Å². The van der Waals surface area contributed by atoms with Crippen LogP contribution in [0.3, 0.4) is 0 Å². The maximum atomic E-state index is 13.7. The van der Waals surface area contributed by atoms with E-state index < -0.39 is 59.4 Å².